The van der Waals surface area contributed by atoms with E-state index >= 15 is 0 Å². The highest BCUT2D eigenvalue weighted by molar-refractivity contribution is 7.98. The fraction of sp³-hybridized carbons (Fsp3) is 0.462. The highest BCUT2D eigenvalue weighted by Gasteiger charge is 2.19. The van der Waals surface area contributed by atoms with Gasteiger partial charge in [0.25, 0.3) is 5.89 Å². The second-order valence-electron chi connectivity index (χ2n) is 5.05. The molecule has 0 unspecified atom stereocenters. The summed E-state index contributed by atoms with van der Waals surface area (Å²) in [6.07, 6.45) is 3.88. The van der Waals surface area contributed by atoms with Crippen molar-refractivity contribution < 1.29 is 13.6 Å². The van der Waals surface area contributed by atoms with E-state index in [1.807, 2.05) is 0 Å². The molecule has 9 nitrogen and oxygen atoms in total. The van der Waals surface area contributed by atoms with E-state index in [1.165, 1.54) is 11.8 Å². The Kier molecular flexibility index (Phi) is 4.07. The van der Waals surface area contributed by atoms with Crippen LogP contribution in [-0.2, 0) is 17.0 Å². The van der Waals surface area contributed by atoms with E-state index in [-0.39, 0.29) is 6.10 Å². The molecule has 0 saturated carbocycles. The molecule has 10 heteroatoms. The van der Waals surface area contributed by atoms with Gasteiger partial charge in [0.05, 0.1) is 24.7 Å². The van der Waals surface area contributed by atoms with E-state index in [2.05, 4.69) is 25.7 Å². The van der Waals surface area contributed by atoms with Gasteiger partial charge >= 0.3 is 0 Å². The van der Waals surface area contributed by atoms with Gasteiger partial charge < -0.3 is 13.6 Å². The van der Waals surface area contributed by atoms with Crippen LogP contribution in [0.5, 0.6) is 0 Å². The fourth-order valence-corrected chi connectivity index (χ4v) is 3.06. The molecule has 3 aromatic heterocycles. The van der Waals surface area contributed by atoms with Crippen molar-refractivity contribution in [2.45, 2.75) is 36.4 Å². The number of rotatable bonds is 6. The Morgan fingerprint density at radius 2 is 2.30 bits per heavy atom. The van der Waals surface area contributed by atoms with Gasteiger partial charge in [0, 0.05) is 6.61 Å². The average molecular weight is 334 g/mol. The molecule has 1 aliphatic rings. The Balaban J connectivity index is 1.38. The van der Waals surface area contributed by atoms with Crippen LogP contribution in [0, 0.1) is 0 Å². The molecule has 120 valence electrons. The van der Waals surface area contributed by atoms with Crippen LogP contribution in [0.1, 0.15) is 18.7 Å². The van der Waals surface area contributed by atoms with Gasteiger partial charge in [0.15, 0.2) is 5.76 Å². The van der Waals surface area contributed by atoms with Crippen LogP contribution < -0.4 is 0 Å². The largest absolute Gasteiger partial charge is 0.459 e. The maximum atomic E-state index is 5.61. The maximum Gasteiger partial charge on any atom is 0.283 e. The molecular weight excluding hydrogens is 320 g/mol. The minimum Gasteiger partial charge on any atom is -0.459 e. The molecule has 1 saturated heterocycles. The number of ether oxygens (including phenoxy) is 1. The van der Waals surface area contributed by atoms with Crippen LogP contribution in [-0.4, -0.2) is 43.1 Å². The van der Waals surface area contributed by atoms with E-state index in [9.17, 15) is 0 Å². The van der Waals surface area contributed by atoms with E-state index in [1.54, 1.807) is 23.1 Å². The SMILES string of the molecule is c1coc(-c2nnc(CSc3nnnn3C[C@@H]3CCCO3)o2)c1. The maximum absolute atomic E-state index is 5.61. The molecule has 0 amide bonds. The summed E-state index contributed by atoms with van der Waals surface area (Å²) in [6.45, 7) is 1.48. The zero-order chi connectivity index (χ0) is 15.5. The van der Waals surface area contributed by atoms with Gasteiger partial charge in [0.2, 0.25) is 11.0 Å². The Morgan fingerprint density at radius 1 is 1.30 bits per heavy atom. The first kappa shape index (κ1) is 14.4. The summed E-state index contributed by atoms with van der Waals surface area (Å²) in [7, 11) is 0. The molecule has 3 aromatic rings. The first-order valence-corrected chi connectivity index (χ1v) is 8.24. The van der Waals surface area contributed by atoms with Crippen molar-refractivity contribution in [3.63, 3.8) is 0 Å². The molecule has 0 aromatic carbocycles. The number of nitrogens with zero attached hydrogens (tertiary/aromatic N) is 6. The second-order valence-corrected chi connectivity index (χ2v) is 5.99. The van der Waals surface area contributed by atoms with Gasteiger partial charge in [0.1, 0.15) is 0 Å². The van der Waals surface area contributed by atoms with Crippen LogP contribution >= 0.6 is 11.8 Å². The summed E-state index contributed by atoms with van der Waals surface area (Å²) in [5, 5.41) is 20.4. The normalized spacial score (nSPS) is 17.8. The molecule has 0 bridgehead atoms. The smallest absolute Gasteiger partial charge is 0.283 e. The van der Waals surface area contributed by atoms with E-state index in [4.69, 9.17) is 13.6 Å². The third kappa shape index (κ3) is 3.27. The second kappa shape index (κ2) is 6.50. The molecule has 0 aliphatic carbocycles. The minimum atomic E-state index is 0.187. The highest BCUT2D eigenvalue weighted by Crippen LogP contribution is 2.24. The van der Waals surface area contributed by atoms with Gasteiger partial charge in [-0.2, -0.15) is 0 Å². The lowest BCUT2D eigenvalue weighted by Crippen LogP contribution is -2.16. The Hall–Kier alpha value is -2.20. The summed E-state index contributed by atoms with van der Waals surface area (Å²) in [6, 6.07) is 3.54. The number of hydrogen-bond donors (Lipinski definition) is 0. The molecule has 4 heterocycles. The molecule has 0 spiro atoms. The Bertz CT molecular complexity index is 749. The number of thioether (sulfide) groups is 1. The predicted molar refractivity (Wildman–Crippen MR) is 78.4 cm³/mol. The van der Waals surface area contributed by atoms with Gasteiger partial charge in [-0.1, -0.05) is 11.8 Å². The summed E-state index contributed by atoms with van der Waals surface area (Å²) in [5.41, 5.74) is 0. The first-order chi connectivity index (χ1) is 11.4. The topological polar surface area (TPSA) is 105 Å². The van der Waals surface area contributed by atoms with Crippen molar-refractivity contribution in [2.24, 2.45) is 0 Å². The van der Waals surface area contributed by atoms with Crippen molar-refractivity contribution in [3.8, 4) is 11.7 Å². The van der Waals surface area contributed by atoms with E-state index < -0.39 is 0 Å². The van der Waals surface area contributed by atoms with Crippen LogP contribution in [0.15, 0.2) is 32.4 Å². The third-order valence-corrected chi connectivity index (χ3v) is 4.37. The molecule has 4 rings (SSSR count). The minimum absolute atomic E-state index is 0.187. The zero-order valence-corrected chi connectivity index (χ0v) is 13.0. The molecular formula is C13H14N6O3S. The predicted octanol–water partition coefficient (Wildman–Crippen LogP) is 1.79. The number of tetrazole rings is 1. The van der Waals surface area contributed by atoms with Crippen LogP contribution in [0.25, 0.3) is 11.7 Å². The van der Waals surface area contributed by atoms with Crippen LogP contribution in [0.2, 0.25) is 0 Å². The van der Waals surface area contributed by atoms with Crippen molar-refractivity contribution in [1.82, 2.24) is 30.4 Å². The van der Waals surface area contributed by atoms with E-state index in [0.29, 0.717) is 35.0 Å². The Morgan fingerprint density at radius 3 is 3.13 bits per heavy atom. The molecule has 23 heavy (non-hydrogen) atoms. The van der Waals surface area contributed by atoms with Crippen LogP contribution in [0.4, 0.5) is 0 Å². The van der Waals surface area contributed by atoms with Gasteiger partial charge in [-0.15, -0.1) is 15.3 Å². The lowest BCUT2D eigenvalue weighted by Gasteiger charge is -2.09. The van der Waals surface area contributed by atoms with Crippen LogP contribution in [0.3, 0.4) is 0 Å². The number of aromatic nitrogens is 6. The van der Waals surface area contributed by atoms with Gasteiger partial charge in [-0.25, -0.2) is 4.68 Å². The first-order valence-electron chi connectivity index (χ1n) is 7.25. The number of furan rings is 1. The number of hydrogen-bond acceptors (Lipinski definition) is 9. The summed E-state index contributed by atoms with van der Waals surface area (Å²) in [4.78, 5) is 0. The zero-order valence-electron chi connectivity index (χ0n) is 12.2. The average Bonchev–Trinajstić information content (AvgIpc) is 3.34. The summed E-state index contributed by atoms with van der Waals surface area (Å²) < 4.78 is 18.1. The molecule has 1 fully saturated rings. The lowest BCUT2D eigenvalue weighted by molar-refractivity contribution is 0.0912. The lowest BCUT2D eigenvalue weighted by atomic mass is 10.2. The van der Waals surface area contributed by atoms with Crippen molar-refractivity contribution >= 4 is 11.8 Å². The van der Waals surface area contributed by atoms with E-state index in [0.717, 1.165) is 19.4 Å². The van der Waals surface area contributed by atoms with Crippen molar-refractivity contribution in [3.05, 3.63) is 24.3 Å². The Labute approximate surface area is 135 Å². The van der Waals surface area contributed by atoms with Gasteiger partial charge in [-0.3, -0.25) is 0 Å². The summed E-state index contributed by atoms with van der Waals surface area (Å²) >= 11 is 1.45. The standard InChI is InChI=1S/C13H14N6O3S/c1-3-9(20-5-1)7-19-13(16-17-18-19)23-8-11-14-15-12(22-11)10-4-2-6-21-10/h2,4,6,9H,1,3,5,7-8H2/t9-/m0/s1. The molecule has 0 radical (unpaired) electrons. The molecule has 0 N–H and O–H groups in total. The summed E-state index contributed by atoms with van der Waals surface area (Å²) in [5.74, 6) is 1.90. The molecule has 1 aliphatic heterocycles. The highest BCUT2D eigenvalue weighted by atomic mass is 32.2. The quantitative estimate of drug-likeness (QED) is 0.624. The third-order valence-electron chi connectivity index (χ3n) is 3.42. The molecule has 1 atom stereocenters. The van der Waals surface area contributed by atoms with Crippen molar-refractivity contribution in [2.75, 3.05) is 6.61 Å². The van der Waals surface area contributed by atoms with Gasteiger partial charge in [-0.05, 0) is 35.4 Å². The van der Waals surface area contributed by atoms with Crippen molar-refractivity contribution in [1.29, 1.82) is 0 Å². The fourth-order valence-electron chi connectivity index (χ4n) is 2.33. The monoisotopic (exact) mass is 334 g/mol.